The lowest BCUT2D eigenvalue weighted by atomic mass is 10.1. The predicted octanol–water partition coefficient (Wildman–Crippen LogP) is 4.38. The van der Waals surface area contributed by atoms with Gasteiger partial charge in [0.25, 0.3) is 0 Å². The molecule has 8 nitrogen and oxygen atoms in total. The smallest absolute Gasteiger partial charge is 0.338 e. The van der Waals surface area contributed by atoms with E-state index in [9.17, 15) is 9.90 Å². The summed E-state index contributed by atoms with van der Waals surface area (Å²) in [5, 5.41) is 11.2. The topological polar surface area (TPSA) is 92.7 Å². The Hall–Kier alpha value is -3.11. The average molecular weight is 535 g/mol. The van der Waals surface area contributed by atoms with Crippen LogP contribution in [0.2, 0.25) is 0 Å². The Morgan fingerprint density at radius 1 is 0.872 bits per heavy atom. The summed E-state index contributed by atoms with van der Waals surface area (Å²) < 4.78 is 35.6. The largest absolute Gasteiger partial charge is 0.457 e. The number of rotatable bonds is 10. The van der Waals surface area contributed by atoms with E-state index in [0.29, 0.717) is 24.3 Å². The molecule has 2 aliphatic heterocycles. The molecule has 0 radical (unpaired) electrons. The highest BCUT2D eigenvalue weighted by molar-refractivity contribution is 5.91. The molecule has 0 amide bonds. The van der Waals surface area contributed by atoms with Gasteiger partial charge in [-0.25, -0.2) is 4.79 Å². The number of benzene rings is 3. The summed E-state index contributed by atoms with van der Waals surface area (Å²) in [7, 11) is 0. The maximum absolute atomic E-state index is 12.8. The van der Waals surface area contributed by atoms with Crippen molar-refractivity contribution in [3.05, 3.63) is 107 Å². The molecule has 2 fully saturated rings. The SMILES string of the molecule is CC1(C)OC[C@H]([C@@H]2O[C@@H](OCc3ccccc3C(=O)OCc3ccccc3)[C@H](O)[C@H]2OCc2ccccc2)O1. The number of hydrogen-bond donors (Lipinski definition) is 1. The molecule has 2 saturated heterocycles. The van der Waals surface area contributed by atoms with E-state index in [4.69, 9.17) is 28.4 Å². The highest BCUT2D eigenvalue weighted by atomic mass is 16.8. The molecule has 5 atom stereocenters. The van der Waals surface area contributed by atoms with E-state index in [-0.39, 0.29) is 13.2 Å². The molecule has 0 saturated carbocycles. The Bertz CT molecular complexity index is 1220. The normalized spacial score (nSPS) is 26.0. The van der Waals surface area contributed by atoms with Crippen molar-refractivity contribution < 1.29 is 38.3 Å². The third-order valence-electron chi connectivity index (χ3n) is 6.77. The third-order valence-corrected chi connectivity index (χ3v) is 6.77. The first kappa shape index (κ1) is 27.5. The molecule has 206 valence electrons. The van der Waals surface area contributed by atoms with Gasteiger partial charge in [0.1, 0.15) is 31.0 Å². The maximum atomic E-state index is 12.8. The number of aliphatic hydroxyl groups is 1. The molecule has 3 aromatic rings. The molecule has 0 aliphatic carbocycles. The van der Waals surface area contributed by atoms with Crippen LogP contribution in [0.5, 0.6) is 0 Å². The molecule has 0 unspecified atom stereocenters. The van der Waals surface area contributed by atoms with Crippen molar-refractivity contribution in [2.45, 2.75) is 70.2 Å². The summed E-state index contributed by atoms with van der Waals surface area (Å²) in [6, 6.07) is 26.3. The molecule has 39 heavy (non-hydrogen) atoms. The Morgan fingerprint density at radius 3 is 2.18 bits per heavy atom. The van der Waals surface area contributed by atoms with Crippen LogP contribution in [0, 0.1) is 0 Å². The van der Waals surface area contributed by atoms with Gasteiger partial charge >= 0.3 is 5.97 Å². The van der Waals surface area contributed by atoms with Gasteiger partial charge < -0.3 is 33.5 Å². The van der Waals surface area contributed by atoms with Crippen LogP contribution in [0.15, 0.2) is 84.9 Å². The maximum Gasteiger partial charge on any atom is 0.338 e. The summed E-state index contributed by atoms with van der Waals surface area (Å²) >= 11 is 0. The van der Waals surface area contributed by atoms with Gasteiger partial charge in [0, 0.05) is 0 Å². The summed E-state index contributed by atoms with van der Waals surface area (Å²) in [5.41, 5.74) is 2.89. The molecular weight excluding hydrogens is 500 g/mol. The van der Waals surface area contributed by atoms with Crippen LogP contribution in [-0.2, 0) is 48.2 Å². The molecule has 2 aliphatic rings. The van der Waals surface area contributed by atoms with Gasteiger partial charge in [-0.15, -0.1) is 0 Å². The van der Waals surface area contributed by atoms with Crippen molar-refractivity contribution in [3.63, 3.8) is 0 Å². The van der Waals surface area contributed by atoms with Gasteiger partial charge in [0.15, 0.2) is 12.1 Å². The van der Waals surface area contributed by atoms with Gasteiger partial charge in [-0.05, 0) is 36.6 Å². The zero-order chi connectivity index (χ0) is 27.2. The molecule has 2 heterocycles. The predicted molar refractivity (Wildman–Crippen MR) is 141 cm³/mol. The lowest BCUT2D eigenvalue weighted by Crippen LogP contribution is -2.42. The third kappa shape index (κ3) is 6.91. The molecular formula is C31H34O8. The van der Waals surface area contributed by atoms with Gasteiger partial charge in [0.2, 0.25) is 0 Å². The second-order valence-corrected chi connectivity index (χ2v) is 10.1. The highest BCUT2D eigenvalue weighted by Crippen LogP contribution is 2.35. The number of ether oxygens (including phenoxy) is 6. The first-order valence-electron chi connectivity index (χ1n) is 13.1. The quantitative estimate of drug-likeness (QED) is 0.383. The zero-order valence-electron chi connectivity index (χ0n) is 22.1. The van der Waals surface area contributed by atoms with E-state index >= 15 is 0 Å². The first-order valence-corrected chi connectivity index (χ1v) is 13.1. The van der Waals surface area contributed by atoms with Crippen molar-refractivity contribution in [1.29, 1.82) is 0 Å². The lowest BCUT2D eigenvalue weighted by Gasteiger charge is -2.25. The lowest BCUT2D eigenvalue weighted by molar-refractivity contribution is -0.197. The molecule has 5 rings (SSSR count). The number of hydrogen-bond acceptors (Lipinski definition) is 8. The highest BCUT2D eigenvalue weighted by Gasteiger charge is 2.52. The number of aliphatic hydroxyl groups excluding tert-OH is 1. The van der Waals surface area contributed by atoms with E-state index in [2.05, 4.69) is 0 Å². The number of esters is 1. The summed E-state index contributed by atoms with van der Waals surface area (Å²) in [6.07, 6.45) is -3.82. The molecule has 0 aromatic heterocycles. The van der Waals surface area contributed by atoms with Crippen LogP contribution in [0.4, 0.5) is 0 Å². The van der Waals surface area contributed by atoms with Crippen molar-refractivity contribution in [1.82, 2.24) is 0 Å². The standard InChI is InChI=1S/C31H34O8/c1-31(2)37-20-25(39-31)27-28(34-17-21-11-5-3-6-12-21)26(32)30(38-27)36-19-23-15-9-10-16-24(23)29(33)35-18-22-13-7-4-8-14-22/h3-16,25-28,30,32H,17-20H2,1-2H3/t25-,26-,27+,28-,30-/m1/s1. The van der Waals surface area contributed by atoms with E-state index in [0.717, 1.165) is 11.1 Å². The molecule has 0 spiro atoms. The van der Waals surface area contributed by atoms with Crippen LogP contribution in [0.25, 0.3) is 0 Å². The Morgan fingerprint density at radius 2 is 1.51 bits per heavy atom. The van der Waals surface area contributed by atoms with E-state index in [1.54, 1.807) is 18.2 Å². The van der Waals surface area contributed by atoms with Gasteiger partial charge in [-0.2, -0.15) is 0 Å². The summed E-state index contributed by atoms with van der Waals surface area (Å²) in [5.74, 6) is -1.22. The fourth-order valence-electron chi connectivity index (χ4n) is 4.75. The van der Waals surface area contributed by atoms with Crippen molar-refractivity contribution in [2.75, 3.05) is 6.61 Å². The minimum absolute atomic E-state index is 0.0317. The Balaban J connectivity index is 1.25. The van der Waals surface area contributed by atoms with E-state index < -0.39 is 42.5 Å². The fourth-order valence-corrected chi connectivity index (χ4v) is 4.75. The Kier molecular flexibility index (Phi) is 8.72. The van der Waals surface area contributed by atoms with Crippen molar-refractivity contribution >= 4 is 5.97 Å². The minimum atomic E-state index is -1.08. The van der Waals surface area contributed by atoms with Gasteiger partial charge in [-0.1, -0.05) is 78.9 Å². The molecule has 0 bridgehead atoms. The second-order valence-electron chi connectivity index (χ2n) is 10.1. The van der Waals surface area contributed by atoms with Crippen molar-refractivity contribution in [3.8, 4) is 0 Å². The van der Waals surface area contributed by atoms with Gasteiger partial charge in [-0.3, -0.25) is 0 Å². The summed E-state index contributed by atoms with van der Waals surface area (Å²) in [6.45, 7) is 4.46. The average Bonchev–Trinajstić information content (AvgIpc) is 3.48. The number of carbonyl (C=O) groups excluding carboxylic acids is 1. The van der Waals surface area contributed by atoms with Crippen LogP contribution >= 0.6 is 0 Å². The molecule has 8 heteroatoms. The zero-order valence-corrected chi connectivity index (χ0v) is 22.1. The second kappa shape index (κ2) is 12.4. The van der Waals surface area contributed by atoms with Crippen LogP contribution in [0.1, 0.15) is 40.9 Å². The molecule has 1 N–H and O–H groups in total. The Labute approximate surface area is 228 Å². The monoisotopic (exact) mass is 534 g/mol. The van der Waals surface area contributed by atoms with Crippen LogP contribution in [-0.4, -0.2) is 54.2 Å². The van der Waals surface area contributed by atoms with E-state index in [1.807, 2.05) is 80.6 Å². The van der Waals surface area contributed by atoms with Crippen LogP contribution in [0.3, 0.4) is 0 Å². The van der Waals surface area contributed by atoms with Crippen molar-refractivity contribution in [2.24, 2.45) is 0 Å². The van der Waals surface area contributed by atoms with Gasteiger partial charge in [0.05, 0.1) is 25.4 Å². The fraction of sp³-hybridized carbons (Fsp3) is 0.387. The number of carbonyl (C=O) groups is 1. The molecule has 3 aromatic carbocycles. The van der Waals surface area contributed by atoms with E-state index in [1.165, 1.54) is 0 Å². The summed E-state index contributed by atoms with van der Waals surface area (Å²) in [4.78, 5) is 12.8. The van der Waals surface area contributed by atoms with Crippen LogP contribution < -0.4 is 0 Å². The minimum Gasteiger partial charge on any atom is -0.457 e. The first-order chi connectivity index (χ1) is 18.9.